The average Bonchev–Trinajstić information content (AvgIpc) is 2.59. The van der Waals surface area contributed by atoms with Gasteiger partial charge in [-0.15, -0.1) is 0 Å². The van der Waals surface area contributed by atoms with Gasteiger partial charge in [0.2, 0.25) is 11.6 Å². The van der Waals surface area contributed by atoms with E-state index >= 15 is 0 Å². The molecule has 0 radical (unpaired) electrons. The average molecular weight is 333 g/mol. The first kappa shape index (κ1) is 18.5. The number of nitriles is 1. The Kier molecular flexibility index (Phi) is 7.29. The highest BCUT2D eigenvalue weighted by Gasteiger charge is 2.28. The van der Waals surface area contributed by atoms with Crippen molar-refractivity contribution in [3.8, 4) is 6.07 Å². The number of quaternary nitrogens is 1. The lowest BCUT2D eigenvalue weighted by molar-refractivity contribution is -0.895. The van der Waals surface area contributed by atoms with Gasteiger partial charge in [0.05, 0.1) is 32.2 Å². The van der Waals surface area contributed by atoms with Crippen LogP contribution < -0.4 is 20.5 Å². The van der Waals surface area contributed by atoms with Gasteiger partial charge < -0.3 is 20.6 Å². The molecule has 1 aliphatic heterocycles. The summed E-state index contributed by atoms with van der Waals surface area (Å²) in [5.74, 6) is 1.83. The Morgan fingerprint density at radius 3 is 2.62 bits per heavy atom. The topological polar surface area (TPSA) is 86.7 Å². The van der Waals surface area contributed by atoms with Crippen molar-refractivity contribution in [2.45, 2.75) is 45.6 Å². The number of hydrogen-bond donors (Lipinski definition) is 4. The molecule has 0 saturated carbocycles. The molecule has 1 aromatic heterocycles. The third-order valence-corrected chi connectivity index (χ3v) is 4.58. The van der Waals surface area contributed by atoms with E-state index in [-0.39, 0.29) is 6.61 Å². The van der Waals surface area contributed by atoms with Crippen LogP contribution in [-0.4, -0.2) is 38.4 Å². The van der Waals surface area contributed by atoms with Crippen LogP contribution in [0.15, 0.2) is 0 Å². The summed E-state index contributed by atoms with van der Waals surface area (Å²) in [6, 6.07) is 2.38. The first-order valence-electron chi connectivity index (χ1n) is 9.12. The van der Waals surface area contributed by atoms with Crippen molar-refractivity contribution in [2.75, 3.05) is 43.9 Å². The molecule has 0 amide bonds. The lowest BCUT2D eigenvalue weighted by atomic mass is 9.96. The first-order valence-corrected chi connectivity index (χ1v) is 9.12. The van der Waals surface area contributed by atoms with Gasteiger partial charge in [-0.05, 0) is 12.0 Å². The number of aliphatic hydroxyl groups excluding tert-OH is 1. The summed E-state index contributed by atoms with van der Waals surface area (Å²) < 4.78 is 0. The van der Waals surface area contributed by atoms with Crippen LogP contribution in [-0.2, 0) is 13.0 Å². The van der Waals surface area contributed by atoms with E-state index in [0.717, 1.165) is 49.7 Å². The van der Waals surface area contributed by atoms with Gasteiger partial charge in [0.15, 0.2) is 0 Å². The highest BCUT2D eigenvalue weighted by molar-refractivity contribution is 5.60. The number of fused-ring (bicyclic) bond motifs is 1. The number of hydrogen-bond acceptors (Lipinski definition) is 4. The summed E-state index contributed by atoms with van der Waals surface area (Å²) in [7, 11) is 2.20. The number of anilines is 2. The van der Waals surface area contributed by atoms with Crippen LogP contribution in [0.1, 0.15) is 49.3 Å². The highest BCUT2D eigenvalue weighted by atomic mass is 16.3. The minimum atomic E-state index is 0.149. The molecule has 0 aliphatic carbocycles. The van der Waals surface area contributed by atoms with Crippen LogP contribution in [0.5, 0.6) is 0 Å². The lowest BCUT2D eigenvalue weighted by Gasteiger charge is -2.24. The van der Waals surface area contributed by atoms with E-state index in [1.165, 1.54) is 28.9 Å². The normalized spacial score (nSPS) is 16.3. The van der Waals surface area contributed by atoms with Crippen molar-refractivity contribution in [3.63, 3.8) is 0 Å². The molecule has 24 heavy (non-hydrogen) atoms. The van der Waals surface area contributed by atoms with Crippen LogP contribution in [0.3, 0.4) is 0 Å². The number of rotatable bonds is 9. The smallest absolute Gasteiger partial charge is 0.237 e. The molecule has 1 aliphatic rings. The van der Waals surface area contributed by atoms with Crippen LogP contribution >= 0.6 is 0 Å². The van der Waals surface area contributed by atoms with Crippen molar-refractivity contribution in [1.29, 1.82) is 5.26 Å². The Bertz CT molecular complexity index is 582. The molecule has 1 aromatic rings. The van der Waals surface area contributed by atoms with E-state index < -0.39 is 0 Å². The van der Waals surface area contributed by atoms with Crippen molar-refractivity contribution in [2.24, 2.45) is 0 Å². The van der Waals surface area contributed by atoms with Crippen molar-refractivity contribution in [1.82, 2.24) is 0 Å². The number of aliphatic hydroxyl groups is 1. The summed E-state index contributed by atoms with van der Waals surface area (Å²) in [6.45, 7) is 5.94. The molecule has 2 heterocycles. The van der Waals surface area contributed by atoms with Crippen LogP contribution in [0, 0.1) is 11.3 Å². The highest BCUT2D eigenvalue weighted by Crippen LogP contribution is 2.25. The fraction of sp³-hybridized carbons (Fsp3) is 0.667. The summed E-state index contributed by atoms with van der Waals surface area (Å²) in [5.41, 5.74) is 3.15. The number of unbranched alkanes of at least 4 members (excludes halogenated alkanes) is 2. The zero-order chi connectivity index (χ0) is 17.4. The Morgan fingerprint density at radius 2 is 1.92 bits per heavy atom. The maximum atomic E-state index is 9.65. The molecular formula is C18H31N5O+2. The van der Waals surface area contributed by atoms with E-state index in [4.69, 9.17) is 5.11 Å². The van der Waals surface area contributed by atoms with Crippen LogP contribution in [0.2, 0.25) is 0 Å². The number of pyridine rings is 1. The van der Waals surface area contributed by atoms with Gasteiger partial charge in [-0.3, -0.25) is 0 Å². The van der Waals surface area contributed by atoms with Gasteiger partial charge in [-0.25, -0.2) is 4.98 Å². The van der Waals surface area contributed by atoms with Gasteiger partial charge in [-0.2, -0.15) is 5.26 Å². The molecule has 132 valence electrons. The molecule has 0 spiro atoms. The number of likely N-dealkylation sites (N-methyl/N-ethyl adjacent to an activating group) is 1. The number of nitrogens with zero attached hydrogens (tertiary/aromatic N) is 1. The Balaban J connectivity index is 2.29. The Morgan fingerprint density at radius 1 is 1.17 bits per heavy atom. The number of aromatic nitrogens is 1. The fourth-order valence-electron chi connectivity index (χ4n) is 3.20. The molecule has 6 nitrogen and oxygen atoms in total. The summed E-state index contributed by atoms with van der Waals surface area (Å²) in [5, 5.41) is 25.5. The van der Waals surface area contributed by atoms with E-state index in [1.54, 1.807) is 0 Å². The minimum absolute atomic E-state index is 0.149. The Labute approximate surface area is 144 Å². The molecule has 2 rings (SSSR count). The second-order valence-corrected chi connectivity index (χ2v) is 6.59. The quantitative estimate of drug-likeness (QED) is 0.491. The number of H-pyrrole nitrogens is 1. The predicted octanol–water partition coefficient (Wildman–Crippen LogP) is 0.340. The monoisotopic (exact) mass is 333 g/mol. The molecule has 0 fully saturated rings. The van der Waals surface area contributed by atoms with Crippen LogP contribution in [0.4, 0.5) is 11.6 Å². The maximum absolute atomic E-state index is 9.65. The first-order chi connectivity index (χ1) is 11.7. The SMILES string of the molecule is CCCCCNc1[nH+]c(NCCCO)c(C#N)c2c1C[NH+](C)CC2. The third kappa shape index (κ3) is 4.59. The van der Waals surface area contributed by atoms with Gasteiger partial charge >= 0.3 is 0 Å². The second-order valence-electron chi connectivity index (χ2n) is 6.59. The van der Waals surface area contributed by atoms with Crippen molar-refractivity contribution < 1.29 is 15.0 Å². The summed E-state index contributed by atoms with van der Waals surface area (Å²) >= 11 is 0. The van der Waals surface area contributed by atoms with E-state index in [0.29, 0.717) is 13.0 Å². The van der Waals surface area contributed by atoms with Gasteiger partial charge in [-0.1, -0.05) is 19.8 Å². The van der Waals surface area contributed by atoms with Crippen molar-refractivity contribution >= 4 is 11.6 Å². The van der Waals surface area contributed by atoms with Crippen molar-refractivity contribution in [3.05, 3.63) is 16.7 Å². The molecule has 1 unspecified atom stereocenters. The summed E-state index contributed by atoms with van der Waals surface area (Å²) in [4.78, 5) is 4.88. The third-order valence-electron chi connectivity index (χ3n) is 4.58. The number of nitrogens with one attached hydrogen (secondary N) is 4. The second kappa shape index (κ2) is 9.45. The fourth-order valence-corrected chi connectivity index (χ4v) is 3.20. The molecule has 1 atom stereocenters. The number of aromatic amines is 1. The van der Waals surface area contributed by atoms with E-state index in [9.17, 15) is 5.26 Å². The summed E-state index contributed by atoms with van der Waals surface area (Å²) in [6.07, 6.45) is 5.17. The van der Waals surface area contributed by atoms with Gasteiger partial charge in [0, 0.05) is 19.4 Å². The standard InChI is InChI=1S/C18H29N5O/c1-3-4-5-8-20-18-16-13-23(2)10-7-14(16)15(12-19)17(22-18)21-9-6-11-24/h24H,3-11,13H2,1-2H3,(H2,20,21,22)/p+2. The predicted molar refractivity (Wildman–Crippen MR) is 95.1 cm³/mol. The van der Waals surface area contributed by atoms with E-state index in [1.807, 2.05) is 0 Å². The Hall–Kier alpha value is -1.84. The molecule has 0 bridgehead atoms. The molecule has 6 heteroatoms. The van der Waals surface area contributed by atoms with Gasteiger partial charge in [0.1, 0.15) is 18.2 Å². The zero-order valence-electron chi connectivity index (χ0n) is 15.0. The molecule has 0 saturated heterocycles. The molecular weight excluding hydrogens is 302 g/mol. The largest absolute Gasteiger partial charge is 0.396 e. The van der Waals surface area contributed by atoms with Crippen LogP contribution in [0.25, 0.3) is 0 Å². The molecule has 0 aromatic carbocycles. The molecule has 5 N–H and O–H groups in total. The maximum Gasteiger partial charge on any atom is 0.237 e. The zero-order valence-corrected chi connectivity index (χ0v) is 15.0. The van der Waals surface area contributed by atoms with Gasteiger partial charge in [0.25, 0.3) is 0 Å². The van der Waals surface area contributed by atoms with E-state index in [2.05, 4.69) is 35.7 Å². The lowest BCUT2D eigenvalue weighted by Crippen LogP contribution is -3.08. The minimum Gasteiger partial charge on any atom is -0.396 e.